The molecule has 1 N–H and O–H groups in total. The Morgan fingerprint density at radius 2 is 1.95 bits per heavy atom. The third kappa shape index (κ3) is 4.06. The summed E-state index contributed by atoms with van der Waals surface area (Å²) in [5.74, 6) is -1.81. The Morgan fingerprint density at radius 1 is 1.29 bits per heavy atom. The lowest BCUT2D eigenvalue weighted by Gasteiger charge is -2.31. The summed E-state index contributed by atoms with van der Waals surface area (Å²) >= 11 is 3.41. The van der Waals surface area contributed by atoms with Gasteiger partial charge < -0.3 is 10.0 Å². The Kier molecular flexibility index (Phi) is 5.39. The lowest BCUT2D eigenvalue weighted by atomic mass is 9.78. The van der Waals surface area contributed by atoms with Gasteiger partial charge in [-0.1, -0.05) is 40.9 Å². The number of carbonyl (C=O) groups excluding carboxylic acids is 1. The molecule has 0 spiro atoms. The van der Waals surface area contributed by atoms with Crippen LogP contribution in [0.2, 0.25) is 0 Å². The zero-order valence-electron chi connectivity index (χ0n) is 12.1. The molecule has 2 atom stereocenters. The van der Waals surface area contributed by atoms with E-state index in [1.165, 1.54) is 0 Å². The molecule has 2 unspecified atom stereocenters. The van der Waals surface area contributed by atoms with E-state index in [4.69, 9.17) is 0 Å². The average molecular weight is 354 g/mol. The zero-order valence-corrected chi connectivity index (χ0v) is 13.7. The molecule has 1 fully saturated rings. The maximum absolute atomic E-state index is 12.6. The molecule has 0 saturated heterocycles. The second-order valence-corrected chi connectivity index (χ2v) is 6.58. The van der Waals surface area contributed by atoms with Crippen LogP contribution in [0.4, 0.5) is 0 Å². The number of aliphatic carboxylic acids is 1. The van der Waals surface area contributed by atoms with Crippen molar-refractivity contribution >= 4 is 27.8 Å². The highest BCUT2D eigenvalue weighted by Crippen LogP contribution is 2.31. The van der Waals surface area contributed by atoms with Crippen LogP contribution in [0, 0.1) is 11.8 Å². The molecule has 1 amide bonds. The predicted molar refractivity (Wildman–Crippen MR) is 83.7 cm³/mol. The van der Waals surface area contributed by atoms with Gasteiger partial charge in [-0.25, -0.2) is 0 Å². The second kappa shape index (κ2) is 7.07. The van der Waals surface area contributed by atoms with Crippen LogP contribution in [0.15, 0.2) is 28.7 Å². The minimum atomic E-state index is -0.844. The highest BCUT2D eigenvalue weighted by Gasteiger charge is 2.36. The largest absolute Gasteiger partial charge is 0.481 e. The monoisotopic (exact) mass is 353 g/mol. The Bertz CT molecular complexity index is 532. The van der Waals surface area contributed by atoms with Gasteiger partial charge in [-0.2, -0.15) is 0 Å². The maximum Gasteiger partial charge on any atom is 0.307 e. The molecule has 0 aromatic heterocycles. The quantitative estimate of drug-likeness (QED) is 0.903. The number of carboxylic acid groups (broad SMARTS) is 1. The van der Waals surface area contributed by atoms with Crippen molar-refractivity contribution in [3.8, 4) is 0 Å². The highest BCUT2D eigenvalue weighted by atomic mass is 79.9. The molecule has 5 heteroatoms. The summed E-state index contributed by atoms with van der Waals surface area (Å²) in [7, 11) is 1.75. The standard InChI is InChI=1S/C16H20BrNO3/c1-18(10-11-5-4-6-12(17)9-11)15(19)13-7-2-3-8-14(13)16(20)21/h4-6,9,13-14H,2-3,7-8,10H2,1H3,(H,20,21). The smallest absolute Gasteiger partial charge is 0.307 e. The number of hydrogen-bond acceptors (Lipinski definition) is 2. The minimum absolute atomic E-state index is 0.0536. The molecule has 1 aliphatic rings. The molecule has 1 saturated carbocycles. The van der Waals surface area contributed by atoms with Crippen LogP contribution in [0.3, 0.4) is 0 Å². The van der Waals surface area contributed by atoms with Crippen LogP contribution in [-0.2, 0) is 16.1 Å². The van der Waals surface area contributed by atoms with E-state index in [2.05, 4.69) is 15.9 Å². The normalized spacial score (nSPS) is 21.8. The summed E-state index contributed by atoms with van der Waals surface area (Å²) in [5.41, 5.74) is 1.03. The zero-order chi connectivity index (χ0) is 15.4. The number of hydrogen-bond donors (Lipinski definition) is 1. The van der Waals surface area contributed by atoms with Crippen molar-refractivity contribution in [2.45, 2.75) is 32.2 Å². The molecule has 21 heavy (non-hydrogen) atoms. The SMILES string of the molecule is CN(Cc1cccc(Br)c1)C(=O)C1CCCCC1C(=O)O. The number of nitrogens with zero attached hydrogens (tertiary/aromatic N) is 1. The molecule has 1 aromatic rings. The summed E-state index contributed by atoms with van der Waals surface area (Å²) in [6.45, 7) is 0.501. The molecule has 0 heterocycles. The number of carboxylic acids is 1. The van der Waals surface area contributed by atoms with E-state index in [1.807, 2.05) is 24.3 Å². The van der Waals surface area contributed by atoms with Gasteiger partial charge in [0, 0.05) is 18.1 Å². The van der Waals surface area contributed by atoms with E-state index in [1.54, 1.807) is 11.9 Å². The molecule has 0 aliphatic heterocycles. The Labute approximate surface area is 133 Å². The van der Waals surface area contributed by atoms with Crippen LogP contribution >= 0.6 is 15.9 Å². The van der Waals surface area contributed by atoms with Crippen molar-refractivity contribution < 1.29 is 14.7 Å². The third-order valence-corrected chi connectivity index (χ3v) is 4.58. The van der Waals surface area contributed by atoms with Gasteiger partial charge >= 0.3 is 5.97 Å². The fraction of sp³-hybridized carbons (Fsp3) is 0.500. The van der Waals surface area contributed by atoms with E-state index in [0.29, 0.717) is 19.4 Å². The van der Waals surface area contributed by atoms with Crippen LogP contribution in [0.25, 0.3) is 0 Å². The van der Waals surface area contributed by atoms with Gasteiger partial charge in [0.15, 0.2) is 0 Å². The summed E-state index contributed by atoms with van der Waals surface area (Å²) in [6.07, 6.45) is 3.12. The van der Waals surface area contributed by atoms with Crippen LogP contribution in [0.1, 0.15) is 31.2 Å². The summed E-state index contributed by atoms with van der Waals surface area (Å²) < 4.78 is 0.974. The number of carbonyl (C=O) groups is 2. The first-order valence-electron chi connectivity index (χ1n) is 7.21. The van der Waals surface area contributed by atoms with Crippen molar-refractivity contribution in [3.63, 3.8) is 0 Å². The lowest BCUT2D eigenvalue weighted by molar-refractivity contribution is -0.152. The van der Waals surface area contributed by atoms with E-state index in [0.717, 1.165) is 22.9 Å². The Morgan fingerprint density at radius 3 is 2.57 bits per heavy atom. The van der Waals surface area contributed by atoms with E-state index < -0.39 is 11.9 Å². The first kappa shape index (κ1) is 16.0. The van der Waals surface area contributed by atoms with Gasteiger partial charge in [0.25, 0.3) is 0 Å². The summed E-state index contributed by atoms with van der Waals surface area (Å²) in [6, 6.07) is 7.80. The number of halogens is 1. The fourth-order valence-electron chi connectivity index (χ4n) is 2.99. The number of rotatable bonds is 4. The van der Waals surface area contributed by atoms with Gasteiger partial charge in [-0.15, -0.1) is 0 Å². The highest BCUT2D eigenvalue weighted by molar-refractivity contribution is 9.10. The lowest BCUT2D eigenvalue weighted by Crippen LogP contribution is -2.40. The van der Waals surface area contributed by atoms with Crippen molar-refractivity contribution in [1.82, 2.24) is 4.90 Å². The van der Waals surface area contributed by atoms with Crippen molar-refractivity contribution in [1.29, 1.82) is 0 Å². The van der Waals surface area contributed by atoms with Gasteiger partial charge in [-0.3, -0.25) is 9.59 Å². The van der Waals surface area contributed by atoms with Crippen molar-refractivity contribution in [2.24, 2.45) is 11.8 Å². The van der Waals surface area contributed by atoms with E-state index in [-0.39, 0.29) is 11.8 Å². The molecule has 1 aromatic carbocycles. The first-order valence-corrected chi connectivity index (χ1v) is 8.00. The van der Waals surface area contributed by atoms with Crippen LogP contribution < -0.4 is 0 Å². The second-order valence-electron chi connectivity index (χ2n) is 5.66. The van der Waals surface area contributed by atoms with Crippen molar-refractivity contribution in [2.75, 3.05) is 7.05 Å². The summed E-state index contributed by atoms with van der Waals surface area (Å²) in [5, 5.41) is 9.29. The van der Waals surface area contributed by atoms with Gasteiger partial charge in [0.2, 0.25) is 5.91 Å². The molecule has 4 nitrogen and oxygen atoms in total. The third-order valence-electron chi connectivity index (χ3n) is 4.09. The number of benzene rings is 1. The molecular weight excluding hydrogens is 334 g/mol. The Balaban J connectivity index is 2.05. The van der Waals surface area contributed by atoms with Crippen LogP contribution in [0.5, 0.6) is 0 Å². The molecule has 0 bridgehead atoms. The molecule has 1 aliphatic carbocycles. The number of amides is 1. The topological polar surface area (TPSA) is 57.6 Å². The molecule has 2 rings (SSSR count). The van der Waals surface area contributed by atoms with E-state index in [9.17, 15) is 14.7 Å². The predicted octanol–water partition coefficient (Wildman–Crippen LogP) is 3.30. The van der Waals surface area contributed by atoms with Crippen molar-refractivity contribution in [3.05, 3.63) is 34.3 Å². The van der Waals surface area contributed by atoms with Crippen LogP contribution in [-0.4, -0.2) is 28.9 Å². The first-order chi connectivity index (χ1) is 9.99. The molecule has 114 valence electrons. The van der Waals surface area contributed by atoms with Gasteiger partial charge in [0.1, 0.15) is 0 Å². The minimum Gasteiger partial charge on any atom is -0.481 e. The molecular formula is C16H20BrNO3. The van der Waals surface area contributed by atoms with Gasteiger partial charge in [0.05, 0.1) is 11.8 Å². The average Bonchev–Trinajstić information content (AvgIpc) is 2.46. The molecule has 0 radical (unpaired) electrons. The Hall–Kier alpha value is -1.36. The van der Waals surface area contributed by atoms with Gasteiger partial charge in [-0.05, 0) is 30.5 Å². The maximum atomic E-state index is 12.6. The van der Waals surface area contributed by atoms with E-state index >= 15 is 0 Å². The fourth-order valence-corrected chi connectivity index (χ4v) is 3.44. The summed E-state index contributed by atoms with van der Waals surface area (Å²) in [4.78, 5) is 25.5.